The van der Waals surface area contributed by atoms with Crippen LogP contribution in [0.4, 0.5) is 13.2 Å². The van der Waals surface area contributed by atoms with Gasteiger partial charge in [0.25, 0.3) is 5.91 Å². The molecule has 24 heavy (non-hydrogen) atoms. The van der Waals surface area contributed by atoms with E-state index in [4.69, 9.17) is 0 Å². The van der Waals surface area contributed by atoms with Gasteiger partial charge in [0.15, 0.2) is 0 Å². The van der Waals surface area contributed by atoms with Crippen LogP contribution in [0.15, 0.2) is 42.6 Å². The van der Waals surface area contributed by atoms with Crippen molar-refractivity contribution in [3.8, 4) is 0 Å². The number of benzene rings is 1. The zero-order chi connectivity index (χ0) is 17.5. The Labute approximate surface area is 137 Å². The Kier molecular flexibility index (Phi) is 4.13. The zero-order valence-electron chi connectivity index (χ0n) is 13.0. The third kappa shape index (κ3) is 3.03. The number of carbonyl (C=O) groups is 1. The minimum atomic E-state index is -4.44. The second kappa shape index (κ2) is 5.98. The third-order valence-corrected chi connectivity index (χ3v) is 4.30. The zero-order valence-corrected chi connectivity index (χ0v) is 13.0. The van der Waals surface area contributed by atoms with Crippen LogP contribution in [0.2, 0.25) is 0 Å². The number of amides is 1. The van der Waals surface area contributed by atoms with Crippen molar-refractivity contribution in [1.82, 2.24) is 9.47 Å². The van der Waals surface area contributed by atoms with Crippen molar-refractivity contribution < 1.29 is 23.1 Å². The predicted molar refractivity (Wildman–Crippen MR) is 81.3 cm³/mol. The fourth-order valence-corrected chi connectivity index (χ4v) is 3.11. The van der Waals surface area contributed by atoms with Crippen molar-refractivity contribution >= 4 is 5.91 Å². The van der Waals surface area contributed by atoms with E-state index in [-0.39, 0.29) is 18.9 Å². The Bertz CT molecular complexity index is 754. The van der Waals surface area contributed by atoms with Crippen LogP contribution in [0.1, 0.15) is 34.1 Å². The third-order valence-electron chi connectivity index (χ3n) is 4.30. The molecule has 1 N–H and O–H groups in total. The van der Waals surface area contributed by atoms with Crippen LogP contribution in [0.3, 0.4) is 0 Å². The van der Waals surface area contributed by atoms with Crippen molar-refractivity contribution in [2.24, 2.45) is 7.05 Å². The Balaban J connectivity index is 1.94. The molecule has 0 unspecified atom stereocenters. The van der Waals surface area contributed by atoms with E-state index in [0.29, 0.717) is 11.3 Å². The first-order chi connectivity index (χ1) is 11.3. The SMILES string of the molecule is Cn1cccc1C(=O)N1C[C@H](O)C[C@@H]1c1cccc(C(F)(F)F)c1. The van der Waals surface area contributed by atoms with Gasteiger partial charge in [-0.2, -0.15) is 13.2 Å². The Morgan fingerprint density at radius 3 is 2.62 bits per heavy atom. The minimum Gasteiger partial charge on any atom is -0.391 e. The van der Waals surface area contributed by atoms with Crippen molar-refractivity contribution in [1.29, 1.82) is 0 Å². The van der Waals surface area contributed by atoms with Gasteiger partial charge in [-0.05, 0) is 36.2 Å². The summed E-state index contributed by atoms with van der Waals surface area (Å²) < 4.78 is 40.4. The quantitative estimate of drug-likeness (QED) is 0.915. The molecule has 4 nitrogen and oxygen atoms in total. The number of β-amino-alcohol motifs (C(OH)–C–C–N with tert-alkyl or cyclic N) is 1. The summed E-state index contributed by atoms with van der Waals surface area (Å²) >= 11 is 0. The molecule has 0 aliphatic carbocycles. The van der Waals surface area contributed by atoms with E-state index in [2.05, 4.69) is 0 Å². The smallest absolute Gasteiger partial charge is 0.391 e. The molecule has 0 spiro atoms. The van der Waals surface area contributed by atoms with Crippen molar-refractivity contribution in [3.63, 3.8) is 0 Å². The maximum absolute atomic E-state index is 12.9. The van der Waals surface area contributed by atoms with E-state index in [1.165, 1.54) is 11.0 Å². The number of carbonyl (C=O) groups excluding carboxylic acids is 1. The highest BCUT2D eigenvalue weighted by molar-refractivity contribution is 5.93. The minimum absolute atomic E-state index is 0.102. The molecule has 1 fully saturated rings. The van der Waals surface area contributed by atoms with Gasteiger partial charge < -0.3 is 14.6 Å². The largest absolute Gasteiger partial charge is 0.416 e. The highest BCUT2D eigenvalue weighted by Gasteiger charge is 2.38. The number of hydrogen-bond acceptors (Lipinski definition) is 2. The monoisotopic (exact) mass is 338 g/mol. The molecule has 1 aliphatic rings. The summed E-state index contributed by atoms with van der Waals surface area (Å²) in [4.78, 5) is 14.2. The summed E-state index contributed by atoms with van der Waals surface area (Å²) in [6, 6.07) is 7.73. The van der Waals surface area contributed by atoms with Crippen LogP contribution in [-0.2, 0) is 13.2 Å². The number of alkyl halides is 3. The van der Waals surface area contributed by atoms with Crippen LogP contribution in [0.5, 0.6) is 0 Å². The van der Waals surface area contributed by atoms with Crippen LogP contribution in [-0.4, -0.2) is 33.1 Å². The van der Waals surface area contributed by atoms with Crippen molar-refractivity contribution in [3.05, 3.63) is 59.4 Å². The number of aromatic nitrogens is 1. The van der Waals surface area contributed by atoms with Gasteiger partial charge in [0, 0.05) is 19.8 Å². The molecule has 128 valence electrons. The molecule has 2 heterocycles. The number of aliphatic hydroxyl groups is 1. The number of aryl methyl sites for hydroxylation is 1. The number of halogens is 3. The standard InChI is InChI=1S/C17H17F3N2O2/c1-21-7-3-6-14(21)16(24)22-10-13(23)9-15(22)11-4-2-5-12(8-11)17(18,19)20/h2-8,13,15,23H,9-10H2,1H3/t13-,15-/m1/s1. The molecular weight excluding hydrogens is 321 g/mol. The predicted octanol–water partition coefficient (Wildman–Crippen LogP) is 2.99. The Morgan fingerprint density at radius 1 is 1.25 bits per heavy atom. The summed E-state index contributed by atoms with van der Waals surface area (Å²) in [6.07, 6.45) is -3.26. The lowest BCUT2D eigenvalue weighted by molar-refractivity contribution is -0.137. The lowest BCUT2D eigenvalue weighted by atomic mass is 10.0. The Hall–Kier alpha value is -2.28. The van der Waals surface area contributed by atoms with Gasteiger partial charge in [0.05, 0.1) is 17.7 Å². The van der Waals surface area contributed by atoms with Gasteiger partial charge in [-0.15, -0.1) is 0 Å². The first-order valence-corrected chi connectivity index (χ1v) is 7.55. The van der Waals surface area contributed by atoms with Gasteiger partial charge in [-0.3, -0.25) is 4.79 Å². The van der Waals surface area contributed by atoms with Crippen molar-refractivity contribution in [2.45, 2.75) is 24.7 Å². The number of aliphatic hydroxyl groups excluding tert-OH is 1. The molecule has 2 atom stereocenters. The van der Waals surface area contributed by atoms with E-state index in [9.17, 15) is 23.1 Å². The van der Waals surface area contributed by atoms with Gasteiger partial charge >= 0.3 is 6.18 Å². The van der Waals surface area contributed by atoms with Gasteiger partial charge in [-0.1, -0.05) is 12.1 Å². The maximum Gasteiger partial charge on any atom is 0.416 e. The molecule has 7 heteroatoms. The van der Waals surface area contributed by atoms with E-state index >= 15 is 0 Å². The number of nitrogens with zero attached hydrogens (tertiary/aromatic N) is 2. The molecule has 0 saturated carbocycles. The lowest BCUT2D eigenvalue weighted by Gasteiger charge is -2.25. The molecule has 1 aromatic heterocycles. The number of rotatable bonds is 2. The Morgan fingerprint density at radius 2 is 2.00 bits per heavy atom. The van der Waals surface area contributed by atoms with Gasteiger partial charge in [-0.25, -0.2) is 0 Å². The topological polar surface area (TPSA) is 45.5 Å². The average Bonchev–Trinajstić information content (AvgIpc) is 3.12. The van der Waals surface area contributed by atoms with E-state index in [1.54, 1.807) is 36.0 Å². The molecular formula is C17H17F3N2O2. The maximum atomic E-state index is 12.9. The lowest BCUT2D eigenvalue weighted by Crippen LogP contribution is -2.33. The molecule has 2 aromatic rings. The number of hydrogen-bond donors (Lipinski definition) is 1. The highest BCUT2D eigenvalue weighted by atomic mass is 19.4. The van der Waals surface area contributed by atoms with Crippen LogP contribution in [0, 0.1) is 0 Å². The molecule has 3 rings (SSSR count). The van der Waals surface area contributed by atoms with Gasteiger partial charge in [0.1, 0.15) is 5.69 Å². The summed E-state index contributed by atoms with van der Waals surface area (Å²) in [7, 11) is 1.72. The molecule has 1 amide bonds. The van der Waals surface area contributed by atoms with Crippen molar-refractivity contribution in [2.75, 3.05) is 6.54 Å². The molecule has 0 bridgehead atoms. The molecule has 1 aromatic carbocycles. The van der Waals surface area contributed by atoms with E-state index in [1.807, 2.05) is 0 Å². The second-order valence-corrected chi connectivity index (χ2v) is 5.99. The fourth-order valence-electron chi connectivity index (χ4n) is 3.11. The average molecular weight is 338 g/mol. The summed E-state index contributed by atoms with van der Waals surface area (Å²) in [5.41, 5.74) is 0.0534. The summed E-state index contributed by atoms with van der Waals surface area (Å²) in [5.74, 6) is -0.304. The van der Waals surface area contributed by atoms with Crippen LogP contribution in [0.25, 0.3) is 0 Å². The van der Waals surface area contributed by atoms with Gasteiger partial charge in [0.2, 0.25) is 0 Å². The highest BCUT2D eigenvalue weighted by Crippen LogP contribution is 2.36. The first kappa shape index (κ1) is 16.6. The summed E-state index contributed by atoms with van der Waals surface area (Å²) in [6.45, 7) is 0.102. The summed E-state index contributed by atoms with van der Waals surface area (Å²) in [5, 5.41) is 9.95. The molecule has 1 saturated heterocycles. The number of likely N-dealkylation sites (tertiary alicyclic amines) is 1. The van der Waals surface area contributed by atoms with Crippen LogP contribution >= 0.6 is 0 Å². The fraction of sp³-hybridized carbons (Fsp3) is 0.353. The molecule has 1 aliphatic heterocycles. The van der Waals surface area contributed by atoms with Crippen LogP contribution < -0.4 is 0 Å². The van der Waals surface area contributed by atoms with E-state index < -0.39 is 23.9 Å². The first-order valence-electron chi connectivity index (χ1n) is 7.55. The second-order valence-electron chi connectivity index (χ2n) is 5.99. The molecule has 0 radical (unpaired) electrons. The van der Waals surface area contributed by atoms with E-state index in [0.717, 1.165) is 12.1 Å². The normalized spacial score (nSPS) is 21.3.